The molecule has 17 heavy (non-hydrogen) atoms. The molecule has 1 rings (SSSR count). The number of sulfonamides is 1. The molecule has 0 aromatic heterocycles. The molecule has 94 valence electrons. The first-order chi connectivity index (χ1) is 7.90. The van der Waals surface area contributed by atoms with E-state index in [4.69, 9.17) is 10.9 Å². The molecule has 1 atom stereocenters. The minimum absolute atomic E-state index is 0.0435. The molecule has 0 aliphatic rings. The molecular weight excluding hydrogens is 242 g/mol. The summed E-state index contributed by atoms with van der Waals surface area (Å²) in [5.41, 5.74) is 6.36. The van der Waals surface area contributed by atoms with Crippen molar-refractivity contribution in [3.05, 3.63) is 35.9 Å². The first-order valence-electron chi connectivity index (χ1n) is 4.99. The molecule has 0 saturated heterocycles. The molecular formula is C10H15N3O3S. The third-order valence-electron chi connectivity index (χ3n) is 2.13. The quantitative estimate of drug-likeness (QED) is 0.633. The van der Waals surface area contributed by atoms with Crippen LogP contribution in [0.2, 0.25) is 0 Å². The highest BCUT2D eigenvalue weighted by molar-refractivity contribution is 7.89. The smallest absolute Gasteiger partial charge is 0.241 e. The Morgan fingerprint density at radius 2 is 1.88 bits per heavy atom. The SMILES string of the molecule is N[C@H](C(=O)NCCS(N)(=O)=O)c1ccccc1. The van der Waals surface area contributed by atoms with Crippen LogP contribution in [0.25, 0.3) is 0 Å². The fourth-order valence-electron chi connectivity index (χ4n) is 1.24. The molecule has 1 amide bonds. The largest absolute Gasteiger partial charge is 0.353 e. The zero-order chi connectivity index (χ0) is 12.9. The standard InChI is InChI=1S/C10H15N3O3S/c11-9(8-4-2-1-3-5-8)10(14)13-6-7-17(12,15)16/h1-5,9H,6-7,11H2,(H,13,14)(H2,12,15,16)/t9-/m0/s1. The number of hydrogen-bond donors (Lipinski definition) is 3. The molecule has 0 radical (unpaired) electrons. The number of primary sulfonamides is 1. The van der Waals surface area contributed by atoms with Crippen LogP contribution in [0, 0.1) is 0 Å². The van der Waals surface area contributed by atoms with Crippen molar-refractivity contribution >= 4 is 15.9 Å². The molecule has 0 fully saturated rings. The van der Waals surface area contributed by atoms with Crippen molar-refractivity contribution in [2.75, 3.05) is 12.3 Å². The number of benzene rings is 1. The molecule has 0 spiro atoms. The highest BCUT2D eigenvalue weighted by Gasteiger charge is 2.15. The van der Waals surface area contributed by atoms with Gasteiger partial charge >= 0.3 is 0 Å². The van der Waals surface area contributed by atoms with Crippen LogP contribution >= 0.6 is 0 Å². The van der Waals surface area contributed by atoms with E-state index < -0.39 is 22.0 Å². The number of amides is 1. The Bertz CT molecular complexity index is 473. The third kappa shape index (κ3) is 4.94. The molecule has 5 N–H and O–H groups in total. The zero-order valence-electron chi connectivity index (χ0n) is 9.17. The van der Waals surface area contributed by atoms with Gasteiger partial charge in [0.1, 0.15) is 6.04 Å². The van der Waals surface area contributed by atoms with Crippen molar-refractivity contribution in [2.45, 2.75) is 6.04 Å². The lowest BCUT2D eigenvalue weighted by Gasteiger charge is -2.11. The van der Waals surface area contributed by atoms with Gasteiger partial charge in [-0.3, -0.25) is 4.79 Å². The molecule has 0 unspecified atom stereocenters. The first kappa shape index (κ1) is 13.6. The maximum absolute atomic E-state index is 11.6. The minimum atomic E-state index is -3.57. The van der Waals surface area contributed by atoms with Crippen molar-refractivity contribution in [1.82, 2.24) is 5.32 Å². The van der Waals surface area contributed by atoms with Crippen LogP contribution in [-0.2, 0) is 14.8 Å². The van der Waals surface area contributed by atoms with Gasteiger partial charge in [0.05, 0.1) is 5.75 Å². The second kappa shape index (κ2) is 5.76. The summed E-state index contributed by atoms with van der Waals surface area (Å²) in [7, 11) is -3.57. The number of rotatable bonds is 5. The molecule has 0 bridgehead atoms. The Morgan fingerprint density at radius 3 is 2.41 bits per heavy atom. The number of hydrogen-bond acceptors (Lipinski definition) is 4. The van der Waals surface area contributed by atoms with E-state index in [0.29, 0.717) is 5.56 Å². The van der Waals surface area contributed by atoms with E-state index in [1.54, 1.807) is 24.3 Å². The van der Waals surface area contributed by atoms with Crippen LogP contribution in [0.3, 0.4) is 0 Å². The Kier molecular flexibility index (Phi) is 4.62. The van der Waals surface area contributed by atoms with Gasteiger partial charge in [0.25, 0.3) is 0 Å². The van der Waals surface area contributed by atoms with Crippen LogP contribution in [0.1, 0.15) is 11.6 Å². The summed E-state index contributed by atoms with van der Waals surface area (Å²) in [4.78, 5) is 11.6. The summed E-state index contributed by atoms with van der Waals surface area (Å²) in [5, 5.41) is 7.21. The highest BCUT2D eigenvalue weighted by Crippen LogP contribution is 2.08. The summed E-state index contributed by atoms with van der Waals surface area (Å²) < 4.78 is 21.3. The fourth-order valence-corrected chi connectivity index (χ4v) is 1.62. The Labute approximate surface area is 100 Å². The van der Waals surface area contributed by atoms with Gasteiger partial charge in [0, 0.05) is 6.54 Å². The second-order valence-electron chi connectivity index (χ2n) is 3.55. The minimum Gasteiger partial charge on any atom is -0.353 e. The van der Waals surface area contributed by atoms with Gasteiger partial charge in [-0.2, -0.15) is 0 Å². The van der Waals surface area contributed by atoms with Gasteiger partial charge in [0.2, 0.25) is 15.9 Å². The summed E-state index contributed by atoms with van der Waals surface area (Å²) in [6.45, 7) is -0.0435. The maximum atomic E-state index is 11.6. The van der Waals surface area contributed by atoms with Crippen LogP contribution in [0.5, 0.6) is 0 Å². The van der Waals surface area contributed by atoms with E-state index in [9.17, 15) is 13.2 Å². The van der Waals surface area contributed by atoms with Crippen molar-refractivity contribution in [3.8, 4) is 0 Å². The molecule has 0 aliphatic heterocycles. The van der Waals surface area contributed by atoms with Gasteiger partial charge in [0.15, 0.2) is 0 Å². The molecule has 1 aromatic carbocycles. The van der Waals surface area contributed by atoms with E-state index in [0.717, 1.165) is 0 Å². The lowest BCUT2D eigenvalue weighted by atomic mass is 10.1. The lowest BCUT2D eigenvalue weighted by molar-refractivity contribution is -0.122. The van der Waals surface area contributed by atoms with E-state index >= 15 is 0 Å². The number of nitrogens with two attached hydrogens (primary N) is 2. The highest BCUT2D eigenvalue weighted by atomic mass is 32.2. The summed E-state index contributed by atoms with van der Waals surface area (Å²) in [6.07, 6.45) is 0. The average molecular weight is 257 g/mol. The van der Waals surface area contributed by atoms with Gasteiger partial charge in [-0.15, -0.1) is 0 Å². The van der Waals surface area contributed by atoms with Gasteiger partial charge in [-0.05, 0) is 5.56 Å². The van der Waals surface area contributed by atoms with Gasteiger partial charge < -0.3 is 11.1 Å². The van der Waals surface area contributed by atoms with Crippen LogP contribution in [0.15, 0.2) is 30.3 Å². The molecule has 0 saturated carbocycles. The van der Waals surface area contributed by atoms with Crippen molar-refractivity contribution in [1.29, 1.82) is 0 Å². The molecule has 1 aromatic rings. The van der Waals surface area contributed by atoms with E-state index in [-0.39, 0.29) is 12.3 Å². The number of carbonyl (C=O) groups is 1. The topological polar surface area (TPSA) is 115 Å². The maximum Gasteiger partial charge on any atom is 0.241 e. The number of nitrogens with one attached hydrogen (secondary N) is 1. The van der Waals surface area contributed by atoms with Crippen LogP contribution in [-0.4, -0.2) is 26.6 Å². The lowest BCUT2D eigenvalue weighted by Crippen LogP contribution is -2.37. The fraction of sp³-hybridized carbons (Fsp3) is 0.300. The Balaban J connectivity index is 2.49. The summed E-state index contributed by atoms with van der Waals surface area (Å²) in [6, 6.07) is 8.00. The predicted molar refractivity (Wildman–Crippen MR) is 64.4 cm³/mol. The van der Waals surface area contributed by atoms with E-state index in [2.05, 4.69) is 5.32 Å². The zero-order valence-corrected chi connectivity index (χ0v) is 9.98. The normalized spacial score (nSPS) is 13.1. The first-order valence-corrected chi connectivity index (χ1v) is 6.70. The second-order valence-corrected chi connectivity index (χ2v) is 5.28. The van der Waals surface area contributed by atoms with E-state index in [1.165, 1.54) is 0 Å². The molecule has 0 heterocycles. The van der Waals surface area contributed by atoms with Crippen molar-refractivity contribution in [2.24, 2.45) is 10.9 Å². The molecule has 0 aliphatic carbocycles. The van der Waals surface area contributed by atoms with Crippen molar-refractivity contribution < 1.29 is 13.2 Å². The monoisotopic (exact) mass is 257 g/mol. The Hall–Kier alpha value is -1.44. The molecule has 6 nitrogen and oxygen atoms in total. The summed E-state index contributed by atoms with van der Waals surface area (Å²) >= 11 is 0. The van der Waals surface area contributed by atoms with E-state index in [1.807, 2.05) is 6.07 Å². The van der Waals surface area contributed by atoms with Gasteiger partial charge in [-0.1, -0.05) is 30.3 Å². The predicted octanol–water partition coefficient (Wildman–Crippen LogP) is -0.909. The third-order valence-corrected chi connectivity index (χ3v) is 2.90. The Morgan fingerprint density at radius 1 is 1.29 bits per heavy atom. The van der Waals surface area contributed by atoms with Crippen molar-refractivity contribution in [3.63, 3.8) is 0 Å². The molecule has 7 heteroatoms. The average Bonchev–Trinajstić information content (AvgIpc) is 2.27. The van der Waals surface area contributed by atoms with Gasteiger partial charge in [-0.25, -0.2) is 13.6 Å². The van der Waals surface area contributed by atoms with Crippen LogP contribution < -0.4 is 16.2 Å². The van der Waals surface area contributed by atoms with Crippen LogP contribution in [0.4, 0.5) is 0 Å². The summed E-state index contributed by atoms with van der Waals surface area (Å²) in [5.74, 6) is -0.736. The number of carbonyl (C=O) groups excluding carboxylic acids is 1.